The maximum atomic E-state index is 11.7. The minimum absolute atomic E-state index is 0.0321. The molecule has 0 atom stereocenters. The van der Waals surface area contributed by atoms with Crippen LogP contribution in [0.5, 0.6) is 5.75 Å². The zero-order valence-corrected chi connectivity index (χ0v) is 12.5. The number of carbonyl (C=O) groups excluding carboxylic acids is 1. The van der Waals surface area contributed by atoms with Gasteiger partial charge in [-0.2, -0.15) is 0 Å². The van der Waals surface area contributed by atoms with Crippen LogP contribution in [0.25, 0.3) is 0 Å². The fraction of sp³-hybridized carbons (Fsp3) is 0.500. The maximum absolute atomic E-state index is 11.7. The minimum atomic E-state index is -0.470. The summed E-state index contributed by atoms with van der Waals surface area (Å²) in [5.74, 6) is 0.0867. The second-order valence-corrected chi connectivity index (χ2v) is 4.34. The van der Waals surface area contributed by atoms with Crippen LogP contribution in [0.1, 0.15) is 20.3 Å². The van der Waals surface area contributed by atoms with E-state index in [4.69, 9.17) is 9.47 Å². The van der Waals surface area contributed by atoms with Gasteiger partial charge in [0.2, 0.25) is 0 Å². The van der Waals surface area contributed by atoms with E-state index in [0.29, 0.717) is 18.0 Å². The predicted octanol–water partition coefficient (Wildman–Crippen LogP) is 2.38. The number of nitro benzene ring substituents is 1. The molecule has 116 valence electrons. The Morgan fingerprint density at radius 1 is 1.38 bits per heavy atom. The van der Waals surface area contributed by atoms with Crippen molar-refractivity contribution in [2.75, 3.05) is 31.7 Å². The molecule has 1 aromatic rings. The molecule has 0 aliphatic rings. The van der Waals surface area contributed by atoms with Crippen molar-refractivity contribution >= 4 is 17.3 Å². The molecule has 0 bridgehead atoms. The molecule has 0 aliphatic heterocycles. The Balaban J connectivity index is 3.15. The Labute approximate surface area is 123 Å². The normalized spacial score (nSPS) is 10.0. The summed E-state index contributed by atoms with van der Waals surface area (Å²) in [7, 11) is 1.49. The number of nitrogens with zero attached hydrogens (tertiary/aromatic N) is 2. The van der Waals surface area contributed by atoms with Crippen molar-refractivity contribution in [3.63, 3.8) is 0 Å². The summed E-state index contributed by atoms with van der Waals surface area (Å²) in [4.78, 5) is 24.0. The molecule has 1 rings (SSSR count). The van der Waals surface area contributed by atoms with Crippen LogP contribution in [0.2, 0.25) is 0 Å². The van der Waals surface area contributed by atoms with Crippen LogP contribution < -0.4 is 9.64 Å². The van der Waals surface area contributed by atoms with Crippen LogP contribution in [0.15, 0.2) is 18.2 Å². The average molecular weight is 296 g/mol. The largest absolute Gasteiger partial charge is 0.497 e. The summed E-state index contributed by atoms with van der Waals surface area (Å²) in [6.07, 6.45) is 0.744. The van der Waals surface area contributed by atoms with Gasteiger partial charge in [0.25, 0.3) is 5.69 Å². The smallest absolute Gasteiger partial charge is 0.325 e. The highest BCUT2D eigenvalue weighted by molar-refractivity contribution is 5.78. The van der Waals surface area contributed by atoms with E-state index in [1.54, 1.807) is 17.9 Å². The van der Waals surface area contributed by atoms with E-state index < -0.39 is 10.9 Å². The van der Waals surface area contributed by atoms with Gasteiger partial charge in [-0.3, -0.25) is 14.9 Å². The standard InChI is InChI=1S/C14H20N2O5/c1-4-8-15(10-14(17)21-5-2)13-9-11(20-3)6-7-12(13)16(18)19/h6-7,9H,4-5,8,10H2,1-3H3. The third-order valence-electron chi connectivity index (χ3n) is 2.84. The van der Waals surface area contributed by atoms with Gasteiger partial charge >= 0.3 is 5.97 Å². The Morgan fingerprint density at radius 3 is 2.62 bits per heavy atom. The molecule has 0 aliphatic carbocycles. The number of rotatable bonds is 8. The van der Waals surface area contributed by atoms with Gasteiger partial charge in [-0.15, -0.1) is 0 Å². The second-order valence-electron chi connectivity index (χ2n) is 4.34. The lowest BCUT2D eigenvalue weighted by atomic mass is 10.2. The monoisotopic (exact) mass is 296 g/mol. The van der Waals surface area contributed by atoms with Crippen molar-refractivity contribution < 1.29 is 19.2 Å². The third kappa shape index (κ3) is 4.62. The van der Waals surface area contributed by atoms with Crippen LogP contribution >= 0.6 is 0 Å². The fourth-order valence-corrected chi connectivity index (χ4v) is 1.95. The van der Waals surface area contributed by atoms with E-state index in [1.807, 2.05) is 6.92 Å². The highest BCUT2D eigenvalue weighted by Gasteiger charge is 2.22. The molecular formula is C14H20N2O5. The number of anilines is 1. The quantitative estimate of drug-likeness (QED) is 0.416. The van der Waals surface area contributed by atoms with Gasteiger partial charge in [-0.05, 0) is 19.4 Å². The molecule has 0 spiro atoms. The van der Waals surface area contributed by atoms with Crippen LogP contribution in [0, 0.1) is 10.1 Å². The number of hydrogen-bond donors (Lipinski definition) is 0. The van der Waals surface area contributed by atoms with E-state index in [1.165, 1.54) is 19.2 Å². The van der Waals surface area contributed by atoms with Crippen molar-refractivity contribution in [2.45, 2.75) is 20.3 Å². The lowest BCUT2D eigenvalue weighted by Crippen LogP contribution is -2.32. The predicted molar refractivity (Wildman–Crippen MR) is 78.8 cm³/mol. The SMILES string of the molecule is CCCN(CC(=O)OCC)c1cc(OC)ccc1[N+](=O)[O-]. The first-order valence-electron chi connectivity index (χ1n) is 6.76. The Bertz CT molecular complexity index is 504. The van der Waals surface area contributed by atoms with Crippen molar-refractivity contribution in [1.29, 1.82) is 0 Å². The molecule has 0 radical (unpaired) electrons. The van der Waals surface area contributed by atoms with Crippen LogP contribution in [-0.4, -0.2) is 37.7 Å². The summed E-state index contributed by atoms with van der Waals surface area (Å²) >= 11 is 0. The van der Waals surface area contributed by atoms with E-state index in [-0.39, 0.29) is 18.8 Å². The Kier molecular flexibility index (Phi) is 6.45. The van der Waals surface area contributed by atoms with Crippen molar-refractivity contribution in [1.82, 2.24) is 0 Å². The number of benzene rings is 1. The van der Waals surface area contributed by atoms with Gasteiger partial charge < -0.3 is 14.4 Å². The lowest BCUT2D eigenvalue weighted by Gasteiger charge is -2.23. The first-order valence-corrected chi connectivity index (χ1v) is 6.76. The summed E-state index contributed by atoms with van der Waals surface area (Å²) in [5, 5.41) is 11.2. The molecule has 0 saturated carbocycles. The molecular weight excluding hydrogens is 276 g/mol. The molecule has 7 heteroatoms. The van der Waals surface area contributed by atoms with Crippen molar-refractivity contribution in [3.05, 3.63) is 28.3 Å². The van der Waals surface area contributed by atoms with Gasteiger partial charge in [0.15, 0.2) is 0 Å². The van der Waals surface area contributed by atoms with Gasteiger partial charge in [-0.25, -0.2) is 0 Å². The van der Waals surface area contributed by atoms with Gasteiger partial charge in [0.1, 0.15) is 18.0 Å². The van der Waals surface area contributed by atoms with E-state index in [0.717, 1.165) is 6.42 Å². The zero-order valence-electron chi connectivity index (χ0n) is 12.5. The molecule has 7 nitrogen and oxygen atoms in total. The number of carbonyl (C=O) groups is 1. The van der Waals surface area contributed by atoms with Gasteiger partial charge in [0.05, 0.1) is 18.6 Å². The molecule has 0 heterocycles. The molecule has 0 unspecified atom stereocenters. The highest BCUT2D eigenvalue weighted by atomic mass is 16.6. The lowest BCUT2D eigenvalue weighted by molar-refractivity contribution is -0.384. The maximum Gasteiger partial charge on any atom is 0.325 e. The second kappa shape index (κ2) is 8.08. The molecule has 0 fully saturated rings. The summed E-state index contributed by atoms with van der Waals surface area (Å²) in [6.45, 7) is 4.40. The number of hydrogen-bond acceptors (Lipinski definition) is 6. The van der Waals surface area contributed by atoms with Crippen LogP contribution in [-0.2, 0) is 9.53 Å². The molecule has 0 N–H and O–H groups in total. The highest BCUT2D eigenvalue weighted by Crippen LogP contribution is 2.32. The van der Waals surface area contributed by atoms with Gasteiger partial charge in [-0.1, -0.05) is 6.92 Å². The zero-order chi connectivity index (χ0) is 15.8. The summed E-state index contributed by atoms with van der Waals surface area (Å²) in [5.41, 5.74) is 0.294. The molecule has 21 heavy (non-hydrogen) atoms. The van der Waals surface area contributed by atoms with Crippen molar-refractivity contribution in [3.8, 4) is 5.75 Å². The molecule has 0 amide bonds. The van der Waals surface area contributed by atoms with Crippen LogP contribution in [0.3, 0.4) is 0 Å². The first kappa shape index (κ1) is 16.7. The van der Waals surface area contributed by atoms with E-state index in [9.17, 15) is 14.9 Å². The number of methoxy groups -OCH3 is 1. The number of ether oxygens (including phenoxy) is 2. The summed E-state index contributed by atoms with van der Waals surface area (Å²) < 4.78 is 10.0. The van der Waals surface area contributed by atoms with Crippen LogP contribution in [0.4, 0.5) is 11.4 Å². The van der Waals surface area contributed by atoms with E-state index in [2.05, 4.69) is 0 Å². The van der Waals surface area contributed by atoms with Gasteiger partial charge in [0, 0.05) is 18.7 Å². The van der Waals surface area contributed by atoms with Crippen molar-refractivity contribution in [2.24, 2.45) is 0 Å². The first-order chi connectivity index (χ1) is 10.0. The summed E-state index contributed by atoms with van der Waals surface area (Å²) in [6, 6.07) is 4.46. The Morgan fingerprint density at radius 2 is 2.10 bits per heavy atom. The molecule has 0 aromatic heterocycles. The average Bonchev–Trinajstić information content (AvgIpc) is 2.46. The third-order valence-corrected chi connectivity index (χ3v) is 2.84. The Hall–Kier alpha value is -2.31. The fourth-order valence-electron chi connectivity index (χ4n) is 1.95. The molecule has 0 saturated heterocycles. The van der Waals surface area contributed by atoms with E-state index >= 15 is 0 Å². The number of nitro groups is 1. The minimum Gasteiger partial charge on any atom is -0.497 e. The molecule has 1 aromatic carbocycles. The number of esters is 1. The topological polar surface area (TPSA) is 81.9 Å².